The number of rotatable bonds is 9. The summed E-state index contributed by atoms with van der Waals surface area (Å²) in [5.74, 6) is -0.801. The van der Waals surface area contributed by atoms with Crippen LogP contribution in [0.3, 0.4) is 0 Å². The van der Waals surface area contributed by atoms with E-state index in [1.807, 2.05) is 0 Å². The van der Waals surface area contributed by atoms with Gasteiger partial charge in [0.1, 0.15) is 5.76 Å². The van der Waals surface area contributed by atoms with E-state index in [-0.39, 0.29) is 4.90 Å². The molecule has 0 saturated carbocycles. The van der Waals surface area contributed by atoms with E-state index in [0.29, 0.717) is 30.1 Å². The number of hydrogen-bond donors (Lipinski definition) is 1. The predicted octanol–water partition coefficient (Wildman–Crippen LogP) is 2.81. The highest BCUT2D eigenvalue weighted by Gasteiger charge is 2.22. The van der Waals surface area contributed by atoms with Crippen molar-refractivity contribution in [1.29, 1.82) is 0 Å². The maximum absolute atomic E-state index is 12.7. The van der Waals surface area contributed by atoms with Crippen LogP contribution < -0.4 is 5.32 Å². The van der Waals surface area contributed by atoms with Crippen LogP contribution >= 0.6 is 0 Å². The van der Waals surface area contributed by atoms with Gasteiger partial charge < -0.3 is 14.5 Å². The lowest BCUT2D eigenvalue weighted by Crippen LogP contribution is -2.30. The normalized spacial score (nSPS) is 11.7. The Labute approximate surface area is 170 Å². The van der Waals surface area contributed by atoms with Gasteiger partial charge in [0.15, 0.2) is 6.61 Å². The van der Waals surface area contributed by atoms with Gasteiger partial charge in [0.25, 0.3) is 5.91 Å². The molecule has 0 aliphatic rings. The number of aryl methyl sites for hydroxylation is 1. The molecule has 0 fully saturated rings. The molecule has 1 aromatic carbocycles. The summed E-state index contributed by atoms with van der Waals surface area (Å²) >= 11 is 0. The molecule has 8 nitrogen and oxygen atoms in total. The number of amides is 1. The van der Waals surface area contributed by atoms with E-state index in [2.05, 4.69) is 5.32 Å². The van der Waals surface area contributed by atoms with Crippen LogP contribution in [-0.2, 0) is 24.3 Å². The molecule has 1 aromatic heterocycles. The summed E-state index contributed by atoms with van der Waals surface area (Å²) in [4.78, 5) is 23.9. The predicted molar refractivity (Wildman–Crippen MR) is 109 cm³/mol. The third-order valence-corrected chi connectivity index (χ3v) is 6.14. The average Bonchev–Trinajstić information content (AvgIpc) is 3.20. The summed E-state index contributed by atoms with van der Waals surface area (Å²) < 4.78 is 36.6. The molecule has 1 amide bonds. The minimum atomic E-state index is -3.65. The maximum Gasteiger partial charge on any atom is 0.331 e. The van der Waals surface area contributed by atoms with Gasteiger partial charge >= 0.3 is 5.97 Å². The Kier molecular flexibility index (Phi) is 7.74. The number of ether oxygens (including phenoxy) is 1. The third kappa shape index (κ3) is 6.03. The average molecular weight is 420 g/mol. The molecule has 2 rings (SSSR count). The number of benzene rings is 1. The third-order valence-electron chi connectivity index (χ3n) is 4.10. The molecule has 0 saturated heterocycles. The summed E-state index contributed by atoms with van der Waals surface area (Å²) in [6.07, 6.45) is 4.04. The summed E-state index contributed by atoms with van der Waals surface area (Å²) in [6.45, 7) is 5.43. The van der Waals surface area contributed by atoms with Crippen LogP contribution in [0.2, 0.25) is 0 Å². The van der Waals surface area contributed by atoms with Crippen LogP contribution in [0.25, 0.3) is 6.08 Å². The van der Waals surface area contributed by atoms with Gasteiger partial charge in [-0.25, -0.2) is 13.2 Å². The summed E-state index contributed by atoms with van der Waals surface area (Å²) in [7, 11) is -3.65. The number of furan rings is 1. The Morgan fingerprint density at radius 1 is 1.21 bits per heavy atom. The Morgan fingerprint density at radius 3 is 2.55 bits per heavy atom. The van der Waals surface area contributed by atoms with Gasteiger partial charge in [-0.05, 0) is 42.8 Å². The molecule has 0 radical (unpaired) electrons. The first kappa shape index (κ1) is 22.4. The van der Waals surface area contributed by atoms with E-state index in [4.69, 9.17) is 9.15 Å². The van der Waals surface area contributed by atoms with E-state index in [9.17, 15) is 18.0 Å². The smallest absolute Gasteiger partial charge is 0.331 e. The van der Waals surface area contributed by atoms with E-state index >= 15 is 0 Å². The topological polar surface area (TPSA) is 106 Å². The van der Waals surface area contributed by atoms with Gasteiger partial charge in [0.2, 0.25) is 10.0 Å². The van der Waals surface area contributed by atoms with Crippen LogP contribution in [0.15, 0.2) is 52.0 Å². The number of nitrogens with zero attached hydrogens (tertiary/aromatic N) is 1. The van der Waals surface area contributed by atoms with Crippen LogP contribution in [0, 0.1) is 6.92 Å². The zero-order chi connectivity index (χ0) is 21.4. The van der Waals surface area contributed by atoms with Crippen LogP contribution in [0.5, 0.6) is 0 Å². The van der Waals surface area contributed by atoms with Crippen LogP contribution in [-0.4, -0.2) is 44.3 Å². The van der Waals surface area contributed by atoms with Crippen LogP contribution in [0.1, 0.15) is 25.2 Å². The van der Waals surface area contributed by atoms with Gasteiger partial charge in [-0.3, -0.25) is 4.79 Å². The van der Waals surface area contributed by atoms with Crippen molar-refractivity contribution in [2.45, 2.75) is 25.7 Å². The summed E-state index contributed by atoms with van der Waals surface area (Å²) in [5.41, 5.74) is 1.02. The monoisotopic (exact) mass is 420 g/mol. The fourth-order valence-corrected chi connectivity index (χ4v) is 4.00. The van der Waals surface area contributed by atoms with Gasteiger partial charge in [-0.15, -0.1) is 0 Å². The fourth-order valence-electron chi connectivity index (χ4n) is 2.52. The van der Waals surface area contributed by atoms with E-state index in [0.717, 1.165) is 6.08 Å². The second-order valence-electron chi connectivity index (χ2n) is 6.07. The second-order valence-corrected chi connectivity index (χ2v) is 8.01. The first-order chi connectivity index (χ1) is 13.8. The lowest BCUT2D eigenvalue weighted by Gasteiger charge is -2.19. The molecule has 0 spiro atoms. The second kappa shape index (κ2) is 10.0. The van der Waals surface area contributed by atoms with Crippen molar-refractivity contribution >= 4 is 33.7 Å². The summed E-state index contributed by atoms with van der Waals surface area (Å²) in [5, 5.41) is 2.58. The first-order valence-corrected chi connectivity index (χ1v) is 10.5. The number of nitrogens with one attached hydrogen (secondary N) is 1. The quantitative estimate of drug-likeness (QED) is 0.494. The SMILES string of the molecule is CCN(CC)S(=O)(=O)c1ccc(C)c(NC(=O)COC(=O)/C=C/c2ccco2)c1. The molecule has 156 valence electrons. The number of anilines is 1. The molecule has 29 heavy (non-hydrogen) atoms. The van der Waals surface area contributed by atoms with Crippen LogP contribution in [0.4, 0.5) is 5.69 Å². The Balaban J connectivity index is 2.02. The number of sulfonamides is 1. The number of hydrogen-bond acceptors (Lipinski definition) is 6. The highest BCUT2D eigenvalue weighted by atomic mass is 32.2. The molecule has 0 bridgehead atoms. The molecule has 2 aromatic rings. The van der Waals surface area contributed by atoms with Crippen molar-refractivity contribution in [3.05, 3.63) is 54.0 Å². The lowest BCUT2D eigenvalue weighted by molar-refractivity contribution is -0.142. The van der Waals surface area contributed by atoms with Gasteiger partial charge in [-0.2, -0.15) is 4.31 Å². The molecule has 0 atom stereocenters. The van der Waals surface area contributed by atoms with Gasteiger partial charge in [0.05, 0.1) is 11.2 Å². The zero-order valence-corrected chi connectivity index (χ0v) is 17.4. The Morgan fingerprint density at radius 2 is 1.93 bits per heavy atom. The van der Waals surface area contributed by atoms with Crippen molar-refractivity contribution < 1.29 is 27.2 Å². The van der Waals surface area contributed by atoms with Gasteiger partial charge in [-0.1, -0.05) is 19.9 Å². The zero-order valence-electron chi connectivity index (χ0n) is 16.5. The molecule has 0 aliphatic carbocycles. The minimum Gasteiger partial charge on any atom is -0.465 e. The highest BCUT2D eigenvalue weighted by molar-refractivity contribution is 7.89. The molecule has 9 heteroatoms. The minimum absolute atomic E-state index is 0.0838. The number of carbonyl (C=O) groups is 2. The van der Waals surface area contributed by atoms with E-state index in [1.54, 1.807) is 39.0 Å². The van der Waals surface area contributed by atoms with Gasteiger partial charge in [0, 0.05) is 24.9 Å². The molecular weight excluding hydrogens is 396 g/mol. The van der Waals surface area contributed by atoms with E-state index < -0.39 is 28.5 Å². The maximum atomic E-state index is 12.7. The Hall–Kier alpha value is -2.91. The Bertz CT molecular complexity index is 976. The molecule has 1 N–H and O–H groups in total. The molecule has 1 heterocycles. The summed E-state index contributed by atoms with van der Waals surface area (Å²) in [6, 6.07) is 7.86. The van der Waals surface area contributed by atoms with Crippen molar-refractivity contribution in [2.75, 3.05) is 25.0 Å². The van der Waals surface area contributed by atoms with Crippen molar-refractivity contribution in [3.63, 3.8) is 0 Å². The fraction of sp³-hybridized carbons (Fsp3) is 0.300. The lowest BCUT2D eigenvalue weighted by atomic mass is 10.2. The van der Waals surface area contributed by atoms with Crippen molar-refractivity contribution in [2.24, 2.45) is 0 Å². The van der Waals surface area contributed by atoms with E-state index in [1.165, 1.54) is 28.8 Å². The number of carbonyl (C=O) groups excluding carboxylic acids is 2. The highest BCUT2D eigenvalue weighted by Crippen LogP contribution is 2.23. The molecule has 0 aliphatic heterocycles. The van der Waals surface area contributed by atoms with Crippen molar-refractivity contribution in [1.82, 2.24) is 4.31 Å². The molecule has 0 unspecified atom stereocenters. The first-order valence-electron chi connectivity index (χ1n) is 9.07. The van der Waals surface area contributed by atoms with Crippen molar-refractivity contribution in [3.8, 4) is 0 Å². The standard InChI is InChI=1S/C20H24N2O6S/c1-4-22(5-2)29(25,26)17-10-8-15(3)18(13-17)21-19(23)14-28-20(24)11-9-16-7-6-12-27-16/h6-13H,4-5,14H2,1-3H3,(H,21,23)/b11-9+. The number of esters is 1. The largest absolute Gasteiger partial charge is 0.465 e. The molecular formula is C20H24N2O6S.